The number of ether oxygens (including phenoxy) is 1. The normalized spacial score (nSPS) is 20.1. The molecule has 180 valence electrons. The fourth-order valence-electron chi connectivity index (χ4n) is 5.14. The number of hydrogen-bond donors (Lipinski definition) is 1. The molecule has 2 aromatic carbocycles. The van der Waals surface area contributed by atoms with Crippen molar-refractivity contribution in [2.75, 3.05) is 0 Å². The van der Waals surface area contributed by atoms with E-state index in [1.807, 2.05) is 50.2 Å². The number of benzene rings is 2. The number of ketones is 1. The molecule has 3 aromatic rings. The average Bonchev–Trinajstić information content (AvgIpc) is 3.59. The van der Waals surface area contributed by atoms with Crippen LogP contribution >= 0.6 is 0 Å². The molecule has 0 bridgehead atoms. The van der Waals surface area contributed by atoms with Crippen LogP contribution in [0.4, 0.5) is 0 Å². The van der Waals surface area contributed by atoms with Crippen LogP contribution in [0.25, 0.3) is 5.76 Å². The molecule has 2 heterocycles. The summed E-state index contributed by atoms with van der Waals surface area (Å²) < 4.78 is 11.8. The lowest BCUT2D eigenvalue weighted by Crippen LogP contribution is -2.37. The lowest BCUT2D eigenvalue weighted by molar-refractivity contribution is -0.141. The van der Waals surface area contributed by atoms with Crippen LogP contribution in [0.15, 0.2) is 70.7 Å². The molecule has 1 saturated heterocycles. The second kappa shape index (κ2) is 9.45. The minimum Gasteiger partial charge on any atom is -0.507 e. The van der Waals surface area contributed by atoms with Crippen LogP contribution in [-0.4, -0.2) is 27.7 Å². The van der Waals surface area contributed by atoms with Crippen LogP contribution in [0.3, 0.4) is 0 Å². The Morgan fingerprint density at radius 1 is 1.03 bits per heavy atom. The Bertz CT molecular complexity index is 1280. The van der Waals surface area contributed by atoms with Gasteiger partial charge < -0.3 is 19.2 Å². The third-order valence-corrected chi connectivity index (χ3v) is 6.91. The number of aliphatic hydroxyl groups is 1. The monoisotopic (exact) mass is 471 g/mol. The Hall–Kier alpha value is -3.80. The van der Waals surface area contributed by atoms with Crippen LogP contribution in [0.1, 0.15) is 59.9 Å². The fraction of sp³-hybridized carbons (Fsp3) is 0.310. The van der Waals surface area contributed by atoms with Gasteiger partial charge in [0.05, 0.1) is 5.57 Å². The van der Waals surface area contributed by atoms with Gasteiger partial charge in [-0.2, -0.15) is 0 Å². The Balaban J connectivity index is 1.50. The Morgan fingerprint density at radius 3 is 2.43 bits per heavy atom. The molecule has 1 aliphatic carbocycles. The molecule has 2 fully saturated rings. The maximum absolute atomic E-state index is 13.2. The molecule has 5 rings (SSSR count). The molecule has 0 spiro atoms. The molecule has 2 aliphatic rings. The minimum absolute atomic E-state index is 0.0392. The lowest BCUT2D eigenvalue weighted by Gasteiger charge is -2.29. The first-order chi connectivity index (χ1) is 16.9. The van der Waals surface area contributed by atoms with Crippen LogP contribution < -0.4 is 4.74 Å². The van der Waals surface area contributed by atoms with Crippen molar-refractivity contribution in [3.05, 3.63) is 94.4 Å². The summed E-state index contributed by atoms with van der Waals surface area (Å²) in [6.07, 6.45) is 3.72. The summed E-state index contributed by atoms with van der Waals surface area (Å²) in [5, 5.41) is 11.3. The Morgan fingerprint density at radius 2 is 1.77 bits per heavy atom. The first-order valence-electron chi connectivity index (χ1n) is 12.1. The van der Waals surface area contributed by atoms with E-state index in [0.29, 0.717) is 29.4 Å². The highest BCUT2D eigenvalue weighted by atomic mass is 16.5. The quantitative estimate of drug-likeness (QED) is 0.278. The number of rotatable bonds is 6. The zero-order valence-electron chi connectivity index (χ0n) is 20.0. The number of carbonyl (C=O) groups is 2. The Kier molecular flexibility index (Phi) is 6.20. The molecule has 0 radical (unpaired) electrons. The van der Waals surface area contributed by atoms with Gasteiger partial charge in [-0.15, -0.1) is 0 Å². The van der Waals surface area contributed by atoms with Crippen molar-refractivity contribution < 1.29 is 23.8 Å². The second-order valence-electron chi connectivity index (χ2n) is 9.35. The van der Waals surface area contributed by atoms with E-state index < -0.39 is 17.7 Å². The second-order valence-corrected chi connectivity index (χ2v) is 9.35. The van der Waals surface area contributed by atoms with E-state index in [0.717, 1.165) is 36.8 Å². The van der Waals surface area contributed by atoms with Crippen molar-refractivity contribution in [1.82, 2.24) is 4.90 Å². The standard InChI is InChI=1S/C29H29NO5/c1-18-16-21(13-15-23(18)34-17-20-8-4-3-5-9-20)27(31)25-26(24-14-12-19(2)35-24)30(29(33)28(25)32)22-10-6-7-11-22/h3-5,8-9,12-16,22,26,31H,6-7,10-11,17H2,1-2H3/b27-25-. The van der Waals surface area contributed by atoms with Crippen LogP contribution in [0.2, 0.25) is 0 Å². The van der Waals surface area contributed by atoms with Crippen molar-refractivity contribution in [3.63, 3.8) is 0 Å². The number of aliphatic hydroxyl groups excluding tert-OH is 1. The fourth-order valence-corrected chi connectivity index (χ4v) is 5.14. The first-order valence-corrected chi connectivity index (χ1v) is 12.1. The summed E-state index contributed by atoms with van der Waals surface area (Å²) in [6.45, 7) is 4.14. The number of Topliss-reactive ketones (excluding diaryl/α,β-unsaturated/α-hetero) is 1. The molecule has 1 saturated carbocycles. The van der Waals surface area contributed by atoms with Crippen molar-refractivity contribution in [2.45, 2.75) is 58.2 Å². The molecule has 1 unspecified atom stereocenters. The molecule has 1 N–H and O–H groups in total. The van der Waals surface area contributed by atoms with Crippen molar-refractivity contribution in [3.8, 4) is 5.75 Å². The summed E-state index contributed by atoms with van der Waals surface area (Å²) in [5.74, 6) is 0.436. The number of likely N-dealkylation sites (tertiary alicyclic amines) is 1. The van der Waals surface area contributed by atoms with Crippen molar-refractivity contribution in [2.24, 2.45) is 0 Å². The first kappa shape index (κ1) is 23.0. The largest absolute Gasteiger partial charge is 0.507 e. The van der Waals surface area contributed by atoms with Gasteiger partial charge in [0.15, 0.2) is 0 Å². The van der Waals surface area contributed by atoms with E-state index in [2.05, 4.69) is 0 Å². The number of aryl methyl sites for hydroxylation is 2. The summed E-state index contributed by atoms with van der Waals surface area (Å²) in [5.41, 5.74) is 2.42. The smallest absolute Gasteiger partial charge is 0.296 e. The predicted octanol–water partition coefficient (Wildman–Crippen LogP) is 5.84. The van der Waals surface area contributed by atoms with Gasteiger partial charge in [0.2, 0.25) is 0 Å². The molecule has 1 aromatic heterocycles. The summed E-state index contributed by atoms with van der Waals surface area (Å²) in [7, 11) is 0. The van der Waals surface area contributed by atoms with Gasteiger partial charge in [-0.3, -0.25) is 9.59 Å². The maximum atomic E-state index is 13.2. The van der Waals surface area contributed by atoms with E-state index in [4.69, 9.17) is 9.15 Å². The highest BCUT2D eigenvalue weighted by molar-refractivity contribution is 6.46. The molecular formula is C29H29NO5. The third-order valence-electron chi connectivity index (χ3n) is 6.91. The predicted molar refractivity (Wildman–Crippen MR) is 132 cm³/mol. The van der Waals surface area contributed by atoms with Gasteiger partial charge in [-0.1, -0.05) is 43.2 Å². The summed E-state index contributed by atoms with van der Waals surface area (Å²) in [6, 6.07) is 18.0. The van der Waals surface area contributed by atoms with Gasteiger partial charge in [0.1, 0.15) is 35.7 Å². The number of carbonyl (C=O) groups excluding carboxylic acids is 2. The van der Waals surface area contributed by atoms with E-state index in [9.17, 15) is 14.7 Å². The number of hydrogen-bond acceptors (Lipinski definition) is 5. The zero-order chi connectivity index (χ0) is 24.5. The SMILES string of the molecule is Cc1ccc(C2/C(=C(/O)c3ccc(OCc4ccccc4)c(C)c3)C(=O)C(=O)N2C2CCCC2)o1. The van der Waals surface area contributed by atoms with E-state index in [1.54, 1.807) is 29.2 Å². The molecule has 6 nitrogen and oxygen atoms in total. The number of amides is 1. The molecule has 1 atom stereocenters. The zero-order valence-corrected chi connectivity index (χ0v) is 20.0. The van der Waals surface area contributed by atoms with Crippen LogP contribution in [0, 0.1) is 13.8 Å². The number of nitrogens with zero attached hydrogens (tertiary/aromatic N) is 1. The lowest BCUT2D eigenvalue weighted by atomic mass is 9.98. The van der Waals surface area contributed by atoms with E-state index >= 15 is 0 Å². The highest BCUT2D eigenvalue weighted by Gasteiger charge is 2.50. The van der Waals surface area contributed by atoms with E-state index in [1.165, 1.54) is 0 Å². The summed E-state index contributed by atoms with van der Waals surface area (Å²) >= 11 is 0. The van der Waals surface area contributed by atoms with Crippen molar-refractivity contribution >= 4 is 17.4 Å². The van der Waals surface area contributed by atoms with Gasteiger partial charge in [-0.25, -0.2) is 0 Å². The van der Waals surface area contributed by atoms with Crippen LogP contribution in [0.5, 0.6) is 5.75 Å². The molecule has 35 heavy (non-hydrogen) atoms. The minimum atomic E-state index is -0.735. The molecule has 1 amide bonds. The average molecular weight is 472 g/mol. The van der Waals surface area contributed by atoms with Gasteiger partial charge in [0.25, 0.3) is 11.7 Å². The highest BCUT2D eigenvalue weighted by Crippen LogP contribution is 2.44. The topological polar surface area (TPSA) is 80.0 Å². The number of furan rings is 1. The third kappa shape index (κ3) is 4.36. The molecule has 1 aliphatic heterocycles. The van der Waals surface area contributed by atoms with Gasteiger partial charge in [0, 0.05) is 11.6 Å². The van der Waals surface area contributed by atoms with Crippen LogP contribution in [-0.2, 0) is 16.2 Å². The van der Waals surface area contributed by atoms with Gasteiger partial charge in [-0.05, 0) is 68.1 Å². The molecular weight excluding hydrogens is 442 g/mol. The Labute approximate surface area is 204 Å². The van der Waals surface area contributed by atoms with E-state index in [-0.39, 0.29) is 17.4 Å². The summed E-state index contributed by atoms with van der Waals surface area (Å²) in [4.78, 5) is 28.0. The molecule has 6 heteroatoms. The van der Waals surface area contributed by atoms with Gasteiger partial charge >= 0.3 is 0 Å². The van der Waals surface area contributed by atoms with Crippen molar-refractivity contribution in [1.29, 1.82) is 0 Å². The maximum Gasteiger partial charge on any atom is 0.296 e.